The van der Waals surface area contributed by atoms with Gasteiger partial charge in [-0.1, -0.05) is 0 Å². The lowest BCUT2D eigenvalue weighted by atomic mass is 10.2. The van der Waals surface area contributed by atoms with Gasteiger partial charge in [0.05, 0.1) is 11.6 Å². The van der Waals surface area contributed by atoms with Gasteiger partial charge in [0.15, 0.2) is 0 Å². The molecule has 2 amide bonds. The molecule has 7 nitrogen and oxygen atoms in total. The maximum absolute atomic E-state index is 12.0. The third-order valence-electron chi connectivity index (χ3n) is 3.74. The first-order chi connectivity index (χ1) is 13.6. The van der Waals surface area contributed by atoms with Crippen molar-refractivity contribution in [3.05, 3.63) is 84.2 Å². The van der Waals surface area contributed by atoms with Crippen LogP contribution in [-0.2, 0) is 16.1 Å². The molecule has 0 aliphatic carbocycles. The number of aromatic nitrogens is 1. The van der Waals surface area contributed by atoms with Crippen LogP contribution in [0.3, 0.4) is 0 Å². The highest BCUT2D eigenvalue weighted by Gasteiger charge is 2.13. The molecule has 0 fully saturated rings. The number of nitrogens with zero attached hydrogens (tertiary/aromatic N) is 2. The van der Waals surface area contributed by atoms with Gasteiger partial charge in [0.2, 0.25) is 0 Å². The minimum Gasteiger partial charge on any atom is -0.457 e. The fraction of sp³-hybridized carbons (Fsp3) is 0.0476. The first kappa shape index (κ1) is 18.6. The number of carbonyl (C=O) groups excluding carboxylic acids is 2. The molecule has 3 aromatic rings. The number of nitriles is 1. The zero-order chi connectivity index (χ0) is 19.8. The Labute approximate surface area is 161 Å². The highest BCUT2D eigenvalue weighted by molar-refractivity contribution is 6.39. The Hall–Kier alpha value is -4.18. The van der Waals surface area contributed by atoms with E-state index in [4.69, 9.17) is 10.00 Å². The molecule has 0 spiro atoms. The van der Waals surface area contributed by atoms with Crippen molar-refractivity contribution in [1.29, 1.82) is 5.26 Å². The molecule has 1 aromatic heterocycles. The van der Waals surface area contributed by atoms with Crippen molar-refractivity contribution in [2.45, 2.75) is 6.54 Å². The molecule has 2 N–H and O–H groups in total. The fourth-order valence-corrected chi connectivity index (χ4v) is 2.29. The SMILES string of the molecule is N#Cc1ccc(Oc2ccc(NC(=O)C(=O)NCc3ccncc3)cc2)cc1. The van der Waals surface area contributed by atoms with Crippen LogP contribution in [-0.4, -0.2) is 16.8 Å². The summed E-state index contributed by atoms with van der Waals surface area (Å²) in [5.41, 5.74) is 1.87. The lowest BCUT2D eigenvalue weighted by molar-refractivity contribution is -0.136. The van der Waals surface area contributed by atoms with Gasteiger partial charge in [-0.2, -0.15) is 5.26 Å². The van der Waals surface area contributed by atoms with Crippen LogP contribution in [0.15, 0.2) is 73.1 Å². The van der Waals surface area contributed by atoms with Crippen LogP contribution in [0.5, 0.6) is 11.5 Å². The van der Waals surface area contributed by atoms with Gasteiger partial charge in [0.1, 0.15) is 11.5 Å². The van der Waals surface area contributed by atoms with Gasteiger partial charge in [-0.05, 0) is 66.2 Å². The van der Waals surface area contributed by atoms with E-state index in [2.05, 4.69) is 15.6 Å². The number of nitrogens with one attached hydrogen (secondary N) is 2. The number of pyridine rings is 1. The number of benzene rings is 2. The zero-order valence-corrected chi connectivity index (χ0v) is 14.8. The summed E-state index contributed by atoms with van der Waals surface area (Å²) in [7, 11) is 0. The van der Waals surface area contributed by atoms with E-state index < -0.39 is 11.8 Å². The summed E-state index contributed by atoms with van der Waals surface area (Å²) in [4.78, 5) is 27.8. The maximum atomic E-state index is 12.0. The van der Waals surface area contributed by atoms with Gasteiger partial charge in [-0.3, -0.25) is 14.6 Å². The summed E-state index contributed by atoms with van der Waals surface area (Å²) in [6.07, 6.45) is 3.23. The third kappa shape index (κ3) is 5.16. The van der Waals surface area contributed by atoms with Crippen LogP contribution in [0.1, 0.15) is 11.1 Å². The summed E-state index contributed by atoms with van der Waals surface area (Å²) in [5.74, 6) is -0.333. The topological polar surface area (TPSA) is 104 Å². The highest BCUT2D eigenvalue weighted by atomic mass is 16.5. The van der Waals surface area contributed by atoms with Crippen molar-refractivity contribution in [2.24, 2.45) is 0 Å². The molecule has 0 radical (unpaired) electrons. The molecule has 28 heavy (non-hydrogen) atoms. The predicted octanol–water partition coefficient (Wildman–Crippen LogP) is 3.00. The average molecular weight is 372 g/mol. The minimum atomic E-state index is -0.755. The Kier molecular flexibility index (Phi) is 5.95. The van der Waals surface area contributed by atoms with Gasteiger partial charge in [0, 0.05) is 24.6 Å². The summed E-state index contributed by atoms with van der Waals surface area (Å²) in [5, 5.41) is 13.9. The Bertz CT molecular complexity index is 995. The molecule has 0 bridgehead atoms. The van der Waals surface area contributed by atoms with Crippen molar-refractivity contribution >= 4 is 17.5 Å². The van der Waals surface area contributed by atoms with Gasteiger partial charge in [-0.15, -0.1) is 0 Å². The smallest absolute Gasteiger partial charge is 0.313 e. The molecule has 0 atom stereocenters. The minimum absolute atomic E-state index is 0.242. The molecule has 1 heterocycles. The van der Waals surface area contributed by atoms with E-state index >= 15 is 0 Å². The number of carbonyl (C=O) groups is 2. The molecular formula is C21H16N4O3. The van der Waals surface area contributed by atoms with Crippen molar-refractivity contribution in [1.82, 2.24) is 10.3 Å². The fourth-order valence-electron chi connectivity index (χ4n) is 2.29. The molecular weight excluding hydrogens is 356 g/mol. The second-order valence-corrected chi connectivity index (χ2v) is 5.75. The van der Waals surface area contributed by atoms with Gasteiger partial charge < -0.3 is 15.4 Å². The second-order valence-electron chi connectivity index (χ2n) is 5.75. The molecule has 0 aliphatic rings. The van der Waals surface area contributed by atoms with Crippen molar-refractivity contribution in [2.75, 3.05) is 5.32 Å². The summed E-state index contributed by atoms with van der Waals surface area (Å²) in [6.45, 7) is 0.242. The van der Waals surface area contributed by atoms with Crippen LogP contribution < -0.4 is 15.4 Å². The van der Waals surface area contributed by atoms with Crippen LogP contribution in [0.4, 0.5) is 5.69 Å². The summed E-state index contributed by atoms with van der Waals surface area (Å²) >= 11 is 0. The van der Waals surface area contributed by atoms with Crippen LogP contribution >= 0.6 is 0 Å². The number of anilines is 1. The van der Waals surface area contributed by atoms with Gasteiger partial charge in [-0.25, -0.2) is 0 Å². The maximum Gasteiger partial charge on any atom is 0.313 e. The Morgan fingerprint density at radius 1 is 0.893 bits per heavy atom. The normalized spacial score (nSPS) is 9.82. The van der Waals surface area contributed by atoms with Crippen LogP contribution in [0.25, 0.3) is 0 Å². The van der Waals surface area contributed by atoms with E-state index in [1.54, 1.807) is 73.1 Å². The molecule has 138 valence electrons. The monoisotopic (exact) mass is 372 g/mol. The number of amides is 2. The Morgan fingerprint density at radius 3 is 2.11 bits per heavy atom. The number of rotatable bonds is 5. The van der Waals surface area contributed by atoms with E-state index in [1.807, 2.05) is 6.07 Å². The number of hydrogen-bond donors (Lipinski definition) is 2. The third-order valence-corrected chi connectivity index (χ3v) is 3.74. The quantitative estimate of drug-likeness (QED) is 0.670. The second kappa shape index (κ2) is 8.96. The Morgan fingerprint density at radius 2 is 1.50 bits per heavy atom. The highest BCUT2D eigenvalue weighted by Crippen LogP contribution is 2.23. The molecule has 0 unspecified atom stereocenters. The van der Waals surface area contributed by atoms with E-state index in [1.165, 1.54) is 0 Å². The number of ether oxygens (including phenoxy) is 1. The van der Waals surface area contributed by atoms with Crippen molar-refractivity contribution < 1.29 is 14.3 Å². The average Bonchev–Trinajstić information content (AvgIpc) is 2.74. The molecule has 2 aromatic carbocycles. The van der Waals surface area contributed by atoms with Crippen molar-refractivity contribution in [3.63, 3.8) is 0 Å². The molecule has 0 aliphatic heterocycles. The zero-order valence-electron chi connectivity index (χ0n) is 14.8. The van der Waals surface area contributed by atoms with Gasteiger partial charge >= 0.3 is 11.8 Å². The molecule has 0 saturated carbocycles. The van der Waals surface area contributed by atoms with Crippen LogP contribution in [0.2, 0.25) is 0 Å². The summed E-state index contributed by atoms with van der Waals surface area (Å²) < 4.78 is 5.67. The summed E-state index contributed by atoms with van der Waals surface area (Å²) in [6, 6.07) is 18.9. The lowest BCUT2D eigenvalue weighted by Gasteiger charge is -2.08. The first-order valence-electron chi connectivity index (χ1n) is 8.40. The largest absolute Gasteiger partial charge is 0.457 e. The standard InChI is InChI=1S/C21H16N4O3/c22-13-15-1-5-18(6-2-15)28-19-7-3-17(4-8-19)25-21(27)20(26)24-14-16-9-11-23-12-10-16/h1-12H,14H2,(H,24,26)(H,25,27). The van der Waals surface area contributed by atoms with E-state index in [0.717, 1.165) is 5.56 Å². The Balaban J connectivity index is 1.52. The first-order valence-corrected chi connectivity index (χ1v) is 8.40. The van der Waals surface area contributed by atoms with Crippen LogP contribution in [0, 0.1) is 11.3 Å². The molecule has 3 rings (SSSR count). The van der Waals surface area contributed by atoms with E-state index in [9.17, 15) is 9.59 Å². The van der Waals surface area contributed by atoms with E-state index in [-0.39, 0.29) is 6.54 Å². The van der Waals surface area contributed by atoms with Gasteiger partial charge in [0.25, 0.3) is 0 Å². The van der Waals surface area contributed by atoms with E-state index in [0.29, 0.717) is 22.7 Å². The predicted molar refractivity (Wildman–Crippen MR) is 102 cm³/mol. The molecule has 7 heteroatoms. The number of hydrogen-bond acceptors (Lipinski definition) is 5. The lowest BCUT2D eigenvalue weighted by Crippen LogP contribution is -2.34. The molecule has 0 saturated heterocycles. The van der Waals surface area contributed by atoms with Crippen molar-refractivity contribution in [3.8, 4) is 17.6 Å².